The van der Waals surface area contributed by atoms with Crippen LogP contribution in [-0.2, 0) is 48.1 Å². The van der Waals surface area contributed by atoms with E-state index in [-0.39, 0.29) is 68.6 Å². The van der Waals surface area contributed by atoms with Gasteiger partial charge in [0.2, 0.25) is 35.7 Å². The Hall–Kier alpha value is -2.24. The standard InChI is InChI=1S/C37H46F6O10/c1-18-10-12-22-26(28(36(38,39)40)46-30-34(22)20(18)14-16-32(3,48-30)50-52-34)24(44)8-6-5-7-9-25(45)27-23-13-11-19(2)21-15-17-33(4)49-31(35(21,23)53-51-33)47-29(27)37(41,42)43/h18-23,30-31H,5-17H2,1-4H3/t18-,19-,20?,21?,22+,23+,30-,31-,32-,33+,34-,35-/m1/s1. The molecule has 16 heteroatoms. The minimum Gasteiger partial charge on any atom is -0.456 e. The highest BCUT2D eigenvalue weighted by atomic mass is 19.4. The largest absolute Gasteiger partial charge is 0.456 e. The third-order valence-electron chi connectivity index (χ3n) is 13.5. The number of ketones is 2. The van der Waals surface area contributed by atoms with Crippen LogP contribution in [0.4, 0.5) is 26.3 Å². The number of allylic oxidation sites excluding steroid dienone is 2. The molecule has 0 N–H and O–H groups in total. The molecule has 2 spiro atoms. The van der Waals surface area contributed by atoms with Crippen molar-refractivity contribution < 1.29 is 74.4 Å². The van der Waals surface area contributed by atoms with Crippen molar-refractivity contribution in [3.63, 3.8) is 0 Å². The Kier molecular flexibility index (Phi) is 8.98. The van der Waals surface area contributed by atoms with Gasteiger partial charge in [-0.3, -0.25) is 9.59 Å². The Bertz CT molecular complexity index is 1480. The van der Waals surface area contributed by atoms with Gasteiger partial charge in [0.25, 0.3) is 0 Å². The van der Waals surface area contributed by atoms with Crippen LogP contribution in [0.3, 0.4) is 0 Å². The molecule has 0 radical (unpaired) electrons. The molecule has 8 heterocycles. The first-order valence-electron chi connectivity index (χ1n) is 18.9. The second-order valence-corrected chi connectivity index (χ2v) is 16.8. The fraction of sp³-hybridized carbons (Fsp3) is 0.838. The molecular weight excluding hydrogens is 718 g/mol. The highest BCUT2D eigenvalue weighted by Gasteiger charge is 2.72. The smallest absolute Gasteiger partial charge is 0.449 e. The van der Waals surface area contributed by atoms with E-state index < -0.39 is 93.8 Å². The molecule has 10 rings (SSSR count). The predicted molar refractivity (Wildman–Crippen MR) is 167 cm³/mol. The number of Topliss-reactive ketones (excluding diaryl/α,β-unsaturated/α-hetero) is 2. The van der Waals surface area contributed by atoms with Crippen molar-refractivity contribution in [2.24, 2.45) is 35.5 Å². The van der Waals surface area contributed by atoms with Crippen molar-refractivity contribution in [3.8, 4) is 0 Å². The van der Waals surface area contributed by atoms with Crippen LogP contribution in [0, 0.1) is 35.5 Å². The van der Waals surface area contributed by atoms with Gasteiger partial charge >= 0.3 is 12.4 Å². The second-order valence-electron chi connectivity index (χ2n) is 16.8. The number of halogens is 6. The maximum Gasteiger partial charge on any atom is 0.449 e. The Balaban J connectivity index is 0.987. The van der Waals surface area contributed by atoms with E-state index in [0.29, 0.717) is 38.5 Å². The molecule has 10 aliphatic rings. The van der Waals surface area contributed by atoms with Crippen LogP contribution in [-0.4, -0.2) is 59.3 Å². The van der Waals surface area contributed by atoms with Crippen LogP contribution in [0.1, 0.15) is 111 Å². The van der Waals surface area contributed by atoms with Crippen molar-refractivity contribution in [1.82, 2.24) is 0 Å². The fourth-order valence-corrected chi connectivity index (χ4v) is 10.9. The lowest BCUT2D eigenvalue weighted by Gasteiger charge is -2.57. The van der Waals surface area contributed by atoms with Gasteiger partial charge in [0.05, 0.1) is 0 Å². The highest BCUT2D eigenvalue weighted by molar-refractivity contribution is 5.97. The fourth-order valence-electron chi connectivity index (χ4n) is 10.9. The molecule has 4 bridgehead atoms. The maximum absolute atomic E-state index is 14.6. The van der Waals surface area contributed by atoms with Crippen LogP contribution in [0.15, 0.2) is 22.7 Å². The number of carbonyl (C=O) groups is 2. The Labute approximate surface area is 303 Å². The summed E-state index contributed by atoms with van der Waals surface area (Å²) in [7, 11) is 0. The summed E-state index contributed by atoms with van der Waals surface area (Å²) in [5, 5.41) is 0. The maximum atomic E-state index is 14.6. The van der Waals surface area contributed by atoms with Gasteiger partial charge in [0.15, 0.2) is 22.8 Å². The molecule has 0 aromatic carbocycles. The zero-order valence-electron chi connectivity index (χ0n) is 30.2. The van der Waals surface area contributed by atoms with Crippen molar-refractivity contribution in [1.29, 1.82) is 0 Å². The first kappa shape index (κ1) is 37.7. The van der Waals surface area contributed by atoms with Crippen LogP contribution < -0.4 is 0 Å². The molecule has 2 aliphatic carbocycles. The first-order valence-corrected chi connectivity index (χ1v) is 18.9. The van der Waals surface area contributed by atoms with Gasteiger partial charge in [-0.05, 0) is 77.0 Å². The average molecular weight is 765 g/mol. The lowest BCUT2D eigenvalue weighted by molar-refractivity contribution is -0.557. The summed E-state index contributed by atoms with van der Waals surface area (Å²) in [5.41, 5.74) is -3.86. The molecule has 0 amide bonds. The molecule has 2 saturated carbocycles. The molecule has 10 nitrogen and oxygen atoms in total. The molecule has 6 saturated heterocycles. The number of hydrogen-bond donors (Lipinski definition) is 0. The topological polar surface area (TPSA) is 108 Å². The molecule has 2 unspecified atom stereocenters. The van der Waals surface area contributed by atoms with Crippen molar-refractivity contribution >= 4 is 11.6 Å². The molecular formula is C37H46F6O10. The second kappa shape index (κ2) is 12.6. The zero-order chi connectivity index (χ0) is 37.9. The summed E-state index contributed by atoms with van der Waals surface area (Å²) in [6.07, 6.45) is -9.55. The normalized spacial score (nSPS) is 44.7. The van der Waals surface area contributed by atoms with Crippen LogP contribution >= 0.6 is 0 Å². The van der Waals surface area contributed by atoms with E-state index in [2.05, 4.69) is 0 Å². The molecule has 0 aromatic heterocycles. The number of rotatable bonds is 8. The summed E-state index contributed by atoms with van der Waals surface area (Å²) < 4.78 is 110. The van der Waals surface area contributed by atoms with E-state index in [0.717, 1.165) is 0 Å². The van der Waals surface area contributed by atoms with E-state index in [1.807, 2.05) is 13.8 Å². The molecule has 53 heavy (non-hydrogen) atoms. The lowest BCUT2D eigenvalue weighted by Crippen LogP contribution is -2.67. The van der Waals surface area contributed by atoms with Crippen molar-refractivity contribution in [2.45, 2.75) is 159 Å². The molecule has 0 aromatic rings. The summed E-state index contributed by atoms with van der Waals surface area (Å²) >= 11 is 0. The number of hydrogen-bond acceptors (Lipinski definition) is 10. The minimum absolute atomic E-state index is 0.0507. The summed E-state index contributed by atoms with van der Waals surface area (Å²) in [4.78, 5) is 50.8. The van der Waals surface area contributed by atoms with E-state index in [4.69, 9.17) is 38.5 Å². The van der Waals surface area contributed by atoms with Gasteiger partial charge in [-0.25, -0.2) is 19.6 Å². The number of unbranched alkanes of at least 4 members (excludes halogenated alkanes) is 2. The van der Waals surface area contributed by atoms with E-state index in [1.54, 1.807) is 13.8 Å². The molecule has 12 atom stereocenters. The number of ether oxygens (including phenoxy) is 4. The number of carbonyl (C=O) groups excluding carboxylic acids is 2. The Morgan fingerprint density at radius 1 is 0.604 bits per heavy atom. The summed E-state index contributed by atoms with van der Waals surface area (Å²) in [6.45, 7) is 7.17. The summed E-state index contributed by atoms with van der Waals surface area (Å²) in [6, 6.07) is 0. The minimum atomic E-state index is -4.98. The SMILES string of the molecule is C[C@@H]1CC[C@H]2C(C(=O)CCCCCC(=O)C3=C(C(F)(F)F)O[C@@H]4O[C@]5(C)CCC6[C@H](C)CC[C@@H]3[C@]64OO5)=C(C(F)(F)F)O[C@@H]3O[C@@]4(C)CCC1[C@]32OO4. The summed E-state index contributed by atoms with van der Waals surface area (Å²) in [5.74, 6) is -9.33. The van der Waals surface area contributed by atoms with Gasteiger partial charge in [0.1, 0.15) is 0 Å². The van der Waals surface area contributed by atoms with E-state index >= 15 is 0 Å². The average Bonchev–Trinajstić information content (AvgIpc) is 3.46. The lowest BCUT2D eigenvalue weighted by atomic mass is 9.58. The number of fused-ring (bicyclic) bond motifs is 4. The van der Waals surface area contributed by atoms with E-state index in [1.165, 1.54) is 0 Å². The molecule has 8 aliphatic heterocycles. The van der Waals surface area contributed by atoms with Gasteiger partial charge in [-0.1, -0.05) is 20.3 Å². The van der Waals surface area contributed by atoms with Crippen LogP contribution in [0.5, 0.6) is 0 Å². The monoisotopic (exact) mass is 764 g/mol. The van der Waals surface area contributed by atoms with Gasteiger partial charge in [-0.15, -0.1) is 0 Å². The third kappa shape index (κ3) is 5.81. The van der Waals surface area contributed by atoms with Crippen LogP contribution in [0.25, 0.3) is 0 Å². The first-order chi connectivity index (χ1) is 24.8. The predicted octanol–water partition coefficient (Wildman–Crippen LogP) is 8.20. The highest BCUT2D eigenvalue weighted by Crippen LogP contribution is 2.63. The quantitative estimate of drug-likeness (QED) is 0.136. The zero-order valence-corrected chi connectivity index (χ0v) is 30.2. The number of alkyl halides is 6. The Morgan fingerprint density at radius 3 is 1.38 bits per heavy atom. The van der Waals surface area contributed by atoms with E-state index in [9.17, 15) is 35.9 Å². The van der Waals surface area contributed by atoms with Crippen molar-refractivity contribution in [2.75, 3.05) is 0 Å². The van der Waals surface area contributed by atoms with Crippen LogP contribution in [0.2, 0.25) is 0 Å². The van der Waals surface area contributed by atoms with Gasteiger partial charge in [-0.2, -0.15) is 26.3 Å². The van der Waals surface area contributed by atoms with Crippen molar-refractivity contribution in [3.05, 3.63) is 22.7 Å². The Morgan fingerprint density at radius 2 is 1.00 bits per heavy atom. The van der Waals surface area contributed by atoms with Gasteiger partial charge < -0.3 is 18.9 Å². The molecule has 296 valence electrons. The molecule has 8 fully saturated rings. The third-order valence-corrected chi connectivity index (χ3v) is 13.5. The van der Waals surface area contributed by atoms with Gasteiger partial charge in [0, 0.05) is 60.5 Å².